The van der Waals surface area contributed by atoms with Gasteiger partial charge in [-0.15, -0.1) is 0 Å². The molecule has 2 N–H and O–H groups in total. The van der Waals surface area contributed by atoms with Crippen LogP contribution in [0.4, 0.5) is 0 Å². The van der Waals surface area contributed by atoms with Crippen molar-refractivity contribution in [2.24, 2.45) is 5.92 Å². The number of ether oxygens (including phenoxy) is 2. The summed E-state index contributed by atoms with van der Waals surface area (Å²) >= 11 is 0. The van der Waals surface area contributed by atoms with Crippen LogP contribution in [0.15, 0.2) is 54.7 Å². The Balaban J connectivity index is 1.72. The van der Waals surface area contributed by atoms with Crippen molar-refractivity contribution in [1.82, 2.24) is 10.4 Å². The van der Waals surface area contributed by atoms with E-state index in [4.69, 9.17) is 14.7 Å². The van der Waals surface area contributed by atoms with Crippen molar-refractivity contribution in [3.63, 3.8) is 0 Å². The number of carbonyl (C=O) groups excluding carboxylic acids is 2. The zero-order valence-electron chi connectivity index (χ0n) is 15.8. The Bertz CT molecular complexity index is 935. The number of amides is 2. The third kappa shape index (κ3) is 4.16. The molecule has 0 unspecified atom stereocenters. The molecule has 0 spiro atoms. The van der Waals surface area contributed by atoms with Gasteiger partial charge in [0.1, 0.15) is 5.75 Å². The lowest BCUT2D eigenvalue weighted by Gasteiger charge is -2.26. The van der Waals surface area contributed by atoms with Gasteiger partial charge >= 0.3 is 0 Å². The van der Waals surface area contributed by atoms with Gasteiger partial charge in [-0.05, 0) is 25.0 Å². The highest BCUT2D eigenvalue weighted by atomic mass is 16.5. The van der Waals surface area contributed by atoms with Gasteiger partial charge in [-0.25, -0.2) is 5.48 Å². The smallest absolute Gasteiger partial charge is 0.274 e. The molecule has 0 atom stereocenters. The number of benzene rings is 2. The van der Waals surface area contributed by atoms with E-state index in [-0.39, 0.29) is 17.4 Å². The Morgan fingerprint density at radius 2 is 1.83 bits per heavy atom. The van der Waals surface area contributed by atoms with E-state index in [0.29, 0.717) is 44.1 Å². The van der Waals surface area contributed by atoms with E-state index in [1.807, 2.05) is 30.3 Å². The normalized spacial score (nSPS) is 16.9. The Morgan fingerprint density at radius 1 is 1.07 bits per heavy atom. The summed E-state index contributed by atoms with van der Waals surface area (Å²) in [6.07, 6.45) is 3.14. The van der Waals surface area contributed by atoms with Gasteiger partial charge in [-0.2, -0.15) is 0 Å². The minimum absolute atomic E-state index is 0.0374. The van der Waals surface area contributed by atoms with Crippen LogP contribution < -0.4 is 10.2 Å². The number of hydrogen-bond acceptors (Lipinski definition) is 5. The Hall–Kier alpha value is -3.16. The van der Waals surface area contributed by atoms with E-state index in [1.165, 1.54) is 0 Å². The minimum atomic E-state index is -0.624. The van der Waals surface area contributed by atoms with E-state index >= 15 is 0 Å². The van der Waals surface area contributed by atoms with Gasteiger partial charge in [0.05, 0.1) is 12.7 Å². The maximum absolute atomic E-state index is 13.2. The highest BCUT2D eigenvalue weighted by molar-refractivity contribution is 5.94. The fraction of sp³-hybridized carbons (Fsp3) is 0.273. The summed E-state index contributed by atoms with van der Waals surface area (Å²) in [5.74, 6) is 0.323. The molecule has 4 rings (SSSR count). The van der Waals surface area contributed by atoms with Crippen molar-refractivity contribution in [3.8, 4) is 5.75 Å². The van der Waals surface area contributed by atoms with Crippen LogP contribution in [0.3, 0.4) is 0 Å². The van der Waals surface area contributed by atoms with Gasteiger partial charge < -0.3 is 14.4 Å². The van der Waals surface area contributed by atoms with Crippen LogP contribution in [0, 0.1) is 5.92 Å². The van der Waals surface area contributed by atoms with Crippen molar-refractivity contribution in [1.29, 1.82) is 0 Å². The van der Waals surface area contributed by atoms with Crippen LogP contribution >= 0.6 is 0 Å². The molecule has 2 amide bonds. The quantitative estimate of drug-likeness (QED) is 0.617. The molecule has 2 aromatic rings. The molecule has 1 saturated heterocycles. The van der Waals surface area contributed by atoms with Crippen LogP contribution in [-0.4, -0.2) is 35.1 Å². The summed E-state index contributed by atoms with van der Waals surface area (Å²) < 4.78 is 11.5. The van der Waals surface area contributed by atoms with Crippen molar-refractivity contribution in [2.45, 2.75) is 19.4 Å². The van der Waals surface area contributed by atoms with Crippen LogP contribution in [0.5, 0.6) is 5.75 Å². The predicted octanol–water partition coefficient (Wildman–Crippen LogP) is 2.95. The number of carbonyl (C=O) groups is 2. The molecule has 0 aliphatic carbocycles. The third-order valence-corrected chi connectivity index (χ3v) is 5.18. The highest BCUT2D eigenvalue weighted by Crippen LogP contribution is 2.32. The molecule has 150 valence electrons. The van der Waals surface area contributed by atoms with Gasteiger partial charge in [0.2, 0.25) is 5.91 Å². The third-order valence-electron chi connectivity index (χ3n) is 5.18. The van der Waals surface area contributed by atoms with Crippen LogP contribution in [0.25, 0.3) is 5.76 Å². The first-order chi connectivity index (χ1) is 14.2. The number of fused-ring (bicyclic) bond motifs is 1. The number of rotatable bonds is 3. The summed E-state index contributed by atoms with van der Waals surface area (Å²) in [5.41, 5.74) is 3.50. The van der Waals surface area contributed by atoms with Gasteiger partial charge in [0.25, 0.3) is 5.91 Å². The molecule has 2 aromatic carbocycles. The number of nitrogens with one attached hydrogen (secondary N) is 1. The summed E-state index contributed by atoms with van der Waals surface area (Å²) in [5, 5.41) is 8.92. The van der Waals surface area contributed by atoms with Crippen LogP contribution in [0.1, 0.15) is 34.3 Å². The Kier molecular flexibility index (Phi) is 5.59. The molecular formula is C22H22N2O5. The van der Waals surface area contributed by atoms with Crippen molar-refractivity contribution in [2.75, 3.05) is 13.2 Å². The molecule has 7 heteroatoms. The molecule has 29 heavy (non-hydrogen) atoms. The largest absolute Gasteiger partial charge is 0.455 e. The van der Waals surface area contributed by atoms with Gasteiger partial charge in [0, 0.05) is 35.8 Å². The second-order valence-corrected chi connectivity index (χ2v) is 7.08. The summed E-state index contributed by atoms with van der Waals surface area (Å²) in [4.78, 5) is 26.7. The van der Waals surface area contributed by atoms with Gasteiger partial charge in [-0.1, -0.05) is 36.4 Å². The van der Waals surface area contributed by atoms with E-state index in [2.05, 4.69) is 0 Å². The number of nitrogens with zero attached hydrogens (tertiary/aromatic N) is 1. The monoisotopic (exact) mass is 394 g/mol. The zero-order valence-corrected chi connectivity index (χ0v) is 15.8. The lowest BCUT2D eigenvalue weighted by atomic mass is 9.98. The molecule has 2 aliphatic heterocycles. The Morgan fingerprint density at radius 3 is 2.55 bits per heavy atom. The molecule has 7 nitrogen and oxygen atoms in total. The van der Waals surface area contributed by atoms with E-state index in [9.17, 15) is 9.59 Å². The van der Waals surface area contributed by atoms with Crippen molar-refractivity contribution < 1.29 is 24.3 Å². The fourth-order valence-electron chi connectivity index (χ4n) is 3.56. The van der Waals surface area contributed by atoms with Crippen LogP contribution in [0.2, 0.25) is 0 Å². The maximum atomic E-state index is 13.2. The number of hydroxylamine groups is 1. The molecule has 0 aromatic heterocycles. The average molecular weight is 394 g/mol. The first kappa shape index (κ1) is 19.2. The SMILES string of the molecule is O=C(NO)c1ccc2c(c1)OC(c1ccccc1)=CN(C(=O)C1CCOCC1)C2. The van der Waals surface area contributed by atoms with E-state index in [1.54, 1.807) is 34.8 Å². The molecule has 2 aliphatic rings. The van der Waals surface area contributed by atoms with E-state index in [0.717, 1.165) is 11.1 Å². The second-order valence-electron chi connectivity index (χ2n) is 7.08. The van der Waals surface area contributed by atoms with E-state index < -0.39 is 5.91 Å². The molecular weight excluding hydrogens is 372 g/mol. The lowest BCUT2D eigenvalue weighted by Crippen LogP contribution is -2.34. The van der Waals surface area contributed by atoms with Gasteiger partial charge in [0.15, 0.2) is 5.76 Å². The van der Waals surface area contributed by atoms with Crippen LogP contribution in [-0.2, 0) is 16.1 Å². The lowest BCUT2D eigenvalue weighted by molar-refractivity contribution is -0.136. The zero-order chi connectivity index (χ0) is 20.2. The summed E-state index contributed by atoms with van der Waals surface area (Å²) in [6.45, 7) is 1.52. The molecule has 0 saturated carbocycles. The molecule has 0 radical (unpaired) electrons. The molecule has 0 bridgehead atoms. The highest BCUT2D eigenvalue weighted by Gasteiger charge is 2.29. The first-order valence-corrected chi connectivity index (χ1v) is 9.56. The summed E-state index contributed by atoms with van der Waals surface area (Å²) in [6, 6.07) is 14.4. The van der Waals surface area contributed by atoms with Gasteiger partial charge in [-0.3, -0.25) is 14.8 Å². The topological polar surface area (TPSA) is 88.1 Å². The maximum Gasteiger partial charge on any atom is 0.274 e. The number of hydrogen-bond donors (Lipinski definition) is 2. The predicted molar refractivity (Wildman–Crippen MR) is 105 cm³/mol. The Labute approximate surface area is 168 Å². The minimum Gasteiger partial charge on any atom is -0.455 e. The van der Waals surface area contributed by atoms with Crippen molar-refractivity contribution >= 4 is 17.6 Å². The molecule has 1 fully saturated rings. The first-order valence-electron chi connectivity index (χ1n) is 9.56. The fourth-order valence-corrected chi connectivity index (χ4v) is 3.56. The standard InChI is InChI=1S/C22H22N2O5/c25-21(23-27)17-6-7-18-13-24(22(26)16-8-10-28-11-9-16)14-20(29-19(18)12-17)15-4-2-1-3-5-15/h1-7,12,14,16,27H,8-11,13H2,(H,23,25). The average Bonchev–Trinajstić information content (AvgIpc) is 2.98. The summed E-state index contributed by atoms with van der Waals surface area (Å²) in [7, 11) is 0. The second kappa shape index (κ2) is 8.46. The molecule has 2 heterocycles. The van der Waals surface area contributed by atoms with Crippen molar-refractivity contribution in [3.05, 3.63) is 71.4 Å².